The molecule has 1 unspecified atom stereocenters. The van der Waals surface area contributed by atoms with Crippen LogP contribution in [0.15, 0.2) is 12.7 Å². The van der Waals surface area contributed by atoms with Crippen molar-refractivity contribution < 1.29 is 14.7 Å². The molecular weight excluding hydrogens is 292 g/mol. The van der Waals surface area contributed by atoms with Crippen LogP contribution < -0.4 is 5.32 Å². The Kier molecular flexibility index (Phi) is 4.76. The molecule has 0 radical (unpaired) electrons. The van der Waals surface area contributed by atoms with Crippen LogP contribution in [0.4, 0.5) is 0 Å². The summed E-state index contributed by atoms with van der Waals surface area (Å²) in [5, 5.41) is 12.5. The Morgan fingerprint density at radius 1 is 1.30 bits per heavy atom. The monoisotopic (exact) mass is 320 g/mol. The van der Waals surface area contributed by atoms with Gasteiger partial charge in [-0.3, -0.25) is 9.59 Å². The maximum Gasteiger partial charge on any atom is 0.245 e. The van der Waals surface area contributed by atoms with Gasteiger partial charge in [0, 0.05) is 25.6 Å². The van der Waals surface area contributed by atoms with E-state index in [0.717, 1.165) is 58.0 Å². The number of carbonyl (C=O) groups excluding carboxylic acids is 2. The molecule has 1 saturated heterocycles. The summed E-state index contributed by atoms with van der Waals surface area (Å²) in [6.07, 6.45) is 8.00. The van der Waals surface area contributed by atoms with E-state index in [1.165, 1.54) is 6.08 Å². The molecule has 2 amide bonds. The van der Waals surface area contributed by atoms with Crippen LogP contribution >= 0.6 is 0 Å². The molecular formula is C18H28N2O3. The first kappa shape index (κ1) is 16.5. The smallest absolute Gasteiger partial charge is 0.245 e. The first-order chi connectivity index (χ1) is 11.0. The van der Waals surface area contributed by atoms with Gasteiger partial charge in [0.15, 0.2) is 0 Å². The number of carbonyl (C=O) groups is 2. The highest BCUT2D eigenvalue weighted by molar-refractivity contribution is 5.87. The Hall–Kier alpha value is -1.36. The van der Waals surface area contributed by atoms with Crippen LogP contribution in [0, 0.1) is 17.3 Å². The first-order valence-electron chi connectivity index (χ1n) is 8.88. The van der Waals surface area contributed by atoms with E-state index in [-0.39, 0.29) is 29.3 Å². The van der Waals surface area contributed by atoms with Gasteiger partial charge in [0.1, 0.15) is 0 Å². The molecule has 5 nitrogen and oxygen atoms in total. The van der Waals surface area contributed by atoms with E-state index >= 15 is 0 Å². The molecule has 3 aliphatic rings. The van der Waals surface area contributed by atoms with E-state index in [2.05, 4.69) is 11.9 Å². The molecule has 1 heterocycles. The molecule has 5 heteroatoms. The fourth-order valence-corrected chi connectivity index (χ4v) is 4.62. The lowest BCUT2D eigenvalue weighted by molar-refractivity contribution is -0.148. The van der Waals surface area contributed by atoms with Gasteiger partial charge in [-0.25, -0.2) is 0 Å². The van der Waals surface area contributed by atoms with Crippen LogP contribution in [0.25, 0.3) is 0 Å². The van der Waals surface area contributed by atoms with Crippen molar-refractivity contribution in [1.82, 2.24) is 10.2 Å². The van der Waals surface area contributed by atoms with Crippen molar-refractivity contribution in [3.63, 3.8) is 0 Å². The average Bonchev–Trinajstić information content (AvgIpc) is 2.48. The lowest BCUT2D eigenvalue weighted by Crippen LogP contribution is -2.54. The number of nitrogens with zero attached hydrogens (tertiary/aromatic N) is 1. The highest BCUT2D eigenvalue weighted by Gasteiger charge is 2.54. The van der Waals surface area contributed by atoms with Crippen molar-refractivity contribution >= 4 is 11.8 Å². The zero-order chi connectivity index (χ0) is 16.4. The predicted molar refractivity (Wildman–Crippen MR) is 87.5 cm³/mol. The zero-order valence-corrected chi connectivity index (χ0v) is 13.8. The molecule has 1 aliphatic heterocycles. The third-order valence-corrected chi connectivity index (χ3v) is 5.92. The quantitative estimate of drug-likeness (QED) is 0.754. The molecule has 3 fully saturated rings. The second kappa shape index (κ2) is 6.63. The van der Waals surface area contributed by atoms with Gasteiger partial charge in [-0.2, -0.15) is 0 Å². The Morgan fingerprint density at radius 3 is 2.70 bits per heavy atom. The molecule has 3 rings (SSSR count). The fraction of sp³-hybridized carbons (Fsp3) is 0.778. The summed E-state index contributed by atoms with van der Waals surface area (Å²) in [6, 6.07) is 0. The van der Waals surface area contributed by atoms with Crippen LogP contribution in [0.5, 0.6) is 0 Å². The molecule has 2 aliphatic carbocycles. The Morgan fingerprint density at radius 2 is 2.04 bits per heavy atom. The van der Waals surface area contributed by atoms with Crippen LogP contribution in [-0.4, -0.2) is 47.6 Å². The minimum atomic E-state index is -0.133. The molecule has 23 heavy (non-hydrogen) atoms. The number of aliphatic hydroxyl groups excluding tert-OH is 1. The summed E-state index contributed by atoms with van der Waals surface area (Å²) in [6.45, 7) is 5.85. The van der Waals surface area contributed by atoms with Crippen LogP contribution in [0.1, 0.15) is 44.9 Å². The van der Waals surface area contributed by atoms with Crippen molar-refractivity contribution in [1.29, 1.82) is 0 Å². The fourth-order valence-electron chi connectivity index (χ4n) is 4.62. The van der Waals surface area contributed by atoms with Gasteiger partial charge >= 0.3 is 0 Å². The summed E-state index contributed by atoms with van der Waals surface area (Å²) >= 11 is 0. The first-order valence-corrected chi connectivity index (χ1v) is 8.88. The topological polar surface area (TPSA) is 69.6 Å². The normalized spacial score (nSPS) is 36.0. The highest BCUT2D eigenvalue weighted by Crippen LogP contribution is 2.58. The summed E-state index contributed by atoms with van der Waals surface area (Å²) in [5.41, 5.74) is 0.288. The molecule has 0 aromatic carbocycles. The number of amides is 2. The second-order valence-corrected chi connectivity index (χ2v) is 7.74. The number of likely N-dealkylation sites (tertiary alicyclic amines) is 1. The third kappa shape index (κ3) is 3.60. The number of rotatable bonds is 5. The number of aliphatic hydroxyl groups is 1. The van der Waals surface area contributed by atoms with E-state index in [4.69, 9.17) is 0 Å². The Labute approximate surface area is 138 Å². The third-order valence-electron chi connectivity index (χ3n) is 5.92. The van der Waals surface area contributed by atoms with E-state index in [1.807, 2.05) is 4.90 Å². The van der Waals surface area contributed by atoms with Gasteiger partial charge in [-0.05, 0) is 62.4 Å². The van der Waals surface area contributed by atoms with Gasteiger partial charge in [-0.15, -0.1) is 0 Å². The zero-order valence-electron chi connectivity index (χ0n) is 13.8. The number of piperidine rings is 1. The minimum Gasteiger partial charge on any atom is -0.393 e. The van der Waals surface area contributed by atoms with Crippen molar-refractivity contribution in [3.8, 4) is 0 Å². The molecule has 128 valence electrons. The van der Waals surface area contributed by atoms with Crippen molar-refractivity contribution in [3.05, 3.63) is 12.7 Å². The van der Waals surface area contributed by atoms with Crippen molar-refractivity contribution in [2.24, 2.45) is 17.3 Å². The highest BCUT2D eigenvalue weighted by atomic mass is 16.3. The summed E-state index contributed by atoms with van der Waals surface area (Å²) in [4.78, 5) is 25.7. The summed E-state index contributed by atoms with van der Waals surface area (Å²) in [5.74, 6) is 0.809. The Balaban J connectivity index is 1.33. The number of nitrogens with one attached hydrogen (secondary N) is 1. The SMILES string of the molecule is C=CC(=O)N1CCCC(CCNC(=O)C2CC3(CC(O)C3)C2)C1. The van der Waals surface area contributed by atoms with E-state index in [1.54, 1.807) is 0 Å². The lowest BCUT2D eigenvalue weighted by Gasteiger charge is -2.55. The Bertz CT molecular complexity index is 477. The summed E-state index contributed by atoms with van der Waals surface area (Å²) in [7, 11) is 0. The van der Waals surface area contributed by atoms with Crippen LogP contribution in [0.3, 0.4) is 0 Å². The van der Waals surface area contributed by atoms with E-state index in [9.17, 15) is 14.7 Å². The van der Waals surface area contributed by atoms with Crippen molar-refractivity contribution in [2.45, 2.75) is 51.0 Å². The van der Waals surface area contributed by atoms with Gasteiger partial charge in [0.2, 0.25) is 11.8 Å². The standard InChI is InChI=1S/C18H28N2O3/c1-2-16(22)20-7-3-4-13(12-20)5-6-19-17(23)14-8-18(9-14)10-15(21)11-18/h2,13-15,21H,1,3-12H2,(H,19,23). The maximum atomic E-state index is 12.1. The molecule has 1 atom stereocenters. The molecule has 0 bridgehead atoms. The van der Waals surface area contributed by atoms with Crippen molar-refractivity contribution in [2.75, 3.05) is 19.6 Å². The molecule has 0 aromatic rings. The predicted octanol–water partition coefficient (Wildman–Crippen LogP) is 1.47. The van der Waals surface area contributed by atoms with E-state index < -0.39 is 0 Å². The second-order valence-electron chi connectivity index (χ2n) is 7.74. The molecule has 0 aromatic heterocycles. The maximum absolute atomic E-state index is 12.1. The number of hydrogen-bond acceptors (Lipinski definition) is 3. The average molecular weight is 320 g/mol. The van der Waals surface area contributed by atoms with Gasteiger partial charge in [0.25, 0.3) is 0 Å². The molecule has 2 N–H and O–H groups in total. The van der Waals surface area contributed by atoms with Crippen LogP contribution in [0.2, 0.25) is 0 Å². The molecule has 2 saturated carbocycles. The van der Waals surface area contributed by atoms with Gasteiger partial charge in [-0.1, -0.05) is 6.58 Å². The lowest BCUT2D eigenvalue weighted by atomic mass is 9.50. The number of hydrogen-bond donors (Lipinski definition) is 2. The molecule has 1 spiro atoms. The largest absolute Gasteiger partial charge is 0.393 e. The minimum absolute atomic E-state index is 0.0150. The van der Waals surface area contributed by atoms with Crippen LogP contribution in [-0.2, 0) is 9.59 Å². The van der Waals surface area contributed by atoms with Gasteiger partial charge < -0.3 is 15.3 Å². The van der Waals surface area contributed by atoms with Gasteiger partial charge in [0.05, 0.1) is 6.10 Å². The summed E-state index contributed by atoms with van der Waals surface area (Å²) < 4.78 is 0. The van der Waals surface area contributed by atoms with E-state index in [0.29, 0.717) is 12.5 Å².